The Morgan fingerprint density at radius 3 is 2.52 bits per heavy atom. The number of halogens is 2. The first-order valence-corrected chi connectivity index (χ1v) is 8.98. The van der Waals surface area contributed by atoms with Crippen LogP contribution in [0.2, 0.25) is 0 Å². The number of benzene rings is 1. The van der Waals surface area contributed by atoms with Crippen LogP contribution in [0.4, 0.5) is 8.78 Å². The van der Waals surface area contributed by atoms with Gasteiger partial charge >= 0.3 is 0 Å². The van der Waals surface area contributed by atoms with Crippen LogP contribution in [-0.2, 0) is 12.8 Å². The van der Waals surface area contributed by atoms with Crippen LogP contribution < -0.4 is 0 Å². The molecule has 0 aliphatic heterocycles. The van der Waals surface area contributed by atoms with Gasteiger partial charge in [0.15, 0.2) is 0 Å². The molecular weight excluding hydrogens is 318 g/mol. The molecule has 0 atom stereocenters. The number of nitriles is 1. The van der Waals surface area contributed by atoms with Gasteiger partial charge in [0.25, 0.3) is 5.92 Å². The maximum atomic E-state index is 14.1. The molecule has 2 aliphatic carbocycles. The molecule has 1 saturated carbocycles. The van der Waals surface area contributed by atoms with Gasteiger partial charge in [-0.1, -0.05) is 43.2 Å². The van der Waals surface area contributed by atoms with E-state index >= 15 is 0 Å². The van der Waals surface area contributed by atoms with E-state index in [2.05, 4.69) is 6.07 Å². The lowest BCUT2D eigenvalue weighted by atomic mass is 9.82. The number of alkyl halides is 2. The van der Waals surface area contributed by atoms with Crippen molar-refractivity contribution in [3.8, 4) is 17.2 Å². The van der Waals surface area contributed by atoms with Crippen LogP contribution >= 0.6 is 0 Å². The minimum atomic E-state index is -2.72. The van der Waals surface area contributed by atoms with Gasteiger partial charge in [0.1, 0.15) is 6.07 Å². The van der Waals surface area contributed by atoms with Crippen molar-refractivity contribution in [2.45, 2.75) is 56.8 Å². The summed E-state index contributed by atoms with van der Waals surface area (Å²) in [4.78, 5) is 4.76. The Balaban J connectivity index is 1.98. The van der Waals surface area contributed by atoms with Gasteiger partial charge in [0.2, 0.25) is 0 Å². The summed E-state index contributed by atoms with van der Waals surface area (Å²) in [5.74, 6) is -2.44. The van der Waals surface area contributed by atoms with E-state index in [0.29, 0.717) is 16.7 Å². The second-order valence-electron chi connectivity index (χ2n) is 7.16. The van der Waals surface area contributed by atoms with E-state index in [0.717, 1.165) is 42.6 Å². The quantitative estimate of drug-likeness (QED) is 0.735. The molecule has 4 rings (SSSR count). The summed E-state index contributed by atoms with van der Waals surface area (Å²) in [6.07, 6.45) is 4.17. The average Bonchev–Trinajstić information content (AvgIpc) is 3.14. The van der Waals surface area contributed by atoms with E-state index < -0.39 is 5.92 Å². The number of rotatable bonds is 2. The lowest BCUT2D eigenvalue weighted by Crippen LogP contribution is -2.28. The largest absolute Gasteiger partial charge is 0.256 e. The van der Waals surface area contributed by atoms with Gasteiger partial charge in [0.05, 0.1) is 11.3 Å². The van der Waals surface area contributed by atoms with E-state index in [4.69, 9.17) is 4.98 Å². The monoisotopic (exact) mass is 338 g/mol. The zero-order chi connectivity index (χ0) is 17.4. The average molecular weight is 338 g/mol. The normalized spacial score (nSPS) is 19.4. The van der Waals surface area contributed by atoms with Gasteiger partial charge in [0, 0.05) is 30.0 Å². The van der Waals surface area contributed by atoms with Crippen molar-refractivity contribution in [3.63, 3.8) is 0 Å². The molecule has 1 fully saturated rings. The maximum absolute atomic E-state index is 14.1. The van der Waals surface area contributed by atoms with Crippen LogP contribution in [0.3, 0.4) is 0 Å². The van der Waals surface area contributed by atoms with E-state index in [1.807, 2.05) is 30.3 Å². The first-order valence-electron chi connectivity index (χ1n) is 8.98. The van der Waals surface area contributed by atoms with Gasteiger partial charge < -0.3 is 0 Å². The highest BCUT2D eigenvalue weighted by atomic mass is 19.3. The van der Waals surface area contributed by atoms with Crippen molar-refractivity contribution < 1.29 is 8.78 Å². The molecule has 1 aromatic carbocycles. The maximum Gasteiger partial charge on any atom is 0.252 e. The number of nitrogens with zero attached hydrogens (tertiary/aromatic N) is 2. The molecule has 128 valence electrons. The molecule has 1 heterocycles. The van der Waals surface area contributed by atoms with Gasteiger partial charge in [-0.05, 0) is 30.4 Å². The Kier molecular flexibility index (Phi) is 4.03. The van der Waals surface area contributed by atoms with Crippen molar-refractivity contribution in [3.05, 3.63) is 52.8 Å². The number of fused-ring (bicyclic) bond motifs is 1. The molecule has 0 bridgehead atoms. The molecule has 0 N–H and O–H groups in total. The van der Waals surface area contributed by atoms with Crippen LogP contribution in [-0.4, -0.2) is 10.9 Å². The number of aryl methyl sites for hydroxylation is 1. The predicted molar refractivity (Wildman–Crippen MR) is 92.6 cm³/mol. The molecule has 4 heteroatoms. The van der Waals surface area contributed by atoms with Crippen molar-refractivity contribution in [2.75, 3.05) is 0 Å². The Labute approximate surface area is 146 Å². The van der Waals surface area contributed by atoms with Gasteiger partial charge in [-0.2, -0.15) is 5.26 Å². The summed E-state index contributed by atoms with van der Waals surface area (Å²) in [6, 6.07) is 11.8. The molecule has 2 aliphatic rings. The number of hydrogen-bond acceptors (Lipinski definition) is 2. The van der Waals surface area contributed by atoms with Crippen LogP contribution in [0, 0.1) is 11.3 Å². The van der Waals surface area contributed by atoms with Gasteiger partial charge in [-0.25, -0.2) is 8.78 Å². The third kappa shape index (κ3) is 2.93. The zero-order valence-corrected chi connectivity index (χ0v) is 14.1. The predicted octanol–water partition coefficient (Wildman–Crippen LogP) is 5.40. The van der Waals surface area contributed by atoms with Crippen molar-refractivity contribution in [1.82, 2.24) is 4.98 Å². The summed E-state index contributed by atoms with van der Waals surface area (Å²) < 4.78 is 28.2. The second kappa shape index (κ2) is 6.22. The van der Waals surface area contributed by atoms with Crippen LogP contribution in [0.15, 0.2) is 30.3 Å². The molecular formula is C21H20F2N2. The zero-order valence-electron chi connectivity index (χ0n) is 14.1. The van der Waals surface area contributed by atoms with Crippen molar-refractivity contribution in [1.29, 1.82) is 5.26 Å². The van der Waals surface area contributed by atoms with Crippen LogP contribution in [0.5, 0.6) is 0 Å². The third-order valence-electron chi connectivity index (χ3n) is 5.49. The van der Waals surface area contributed by atoms with Gasteiger partial charge in [-0.15, -0.1) is 0 Å². The second-order valence-corrected chi connectivity index (χ2v) is 7.16. The Bertz CT molecular complexity index is 831. The molecule has 0 saturated heterocycles. The lowest BCUT2D eigenvalue weighted by molar-refractivity contribution is -0.0126. The summed E-state index contributed by atoms with van der Waals surface area (Å²) in [6.45, 7) is 0. The molecule has 2 aromatic rings. The third-order valence-corrected chi connectivity index (χ3v) is 5.49. The molecule has 2 nitrogen and oxygen atoms in total. The topological polar surface area (TPSA) is 36.7 Å². The Morgan fingerprint density at radius 2 is 1.84 bits per heavy atom. The summed E-state index contributed by atoms with van der Waals surface area (Å²) in [5.41, 5.74) is 4.22. The Hall–Kier alpha value is -2.28. The lowest BCUT2D eigenvalue weighted by Gasteiger charge is -2.28. The molecule has 0 unspecified atom stereocenters. The summed E-state index contributed by atoms with van der Waals surface area (Å²) in [7, 11) is 0. The van der Waals surface area contributed by atoms with E-state index in [1.165, 1.54) is 0 Å². The van der Waals surface area contributed by atoms with Crippen LogP contribution in [0.25, 0.3) is 11.1 Å². The highest BCUT2D eigenvalue weighted by molar-refractivity contribution is 5.76. The van der Waals surface area contributed by atoms with Crippen LogP contribution in [0.1, 0.15) is 60.5 Å². The number of pyridine rings is 1. The number of aromatic nitrogens is 1. The van der Waals surface area contributed by atoms with Crippen molar-refractivity contribution in [2.24, 2.45) is 0 Å². The van der Waals surface area contributed by atoms with Crippen molar-refractivity contribution >= 4 is 0 Å². The highest BCUT2D eigenvalue weighted by Gasteiger charge is 2.38. The fourth-order valence-electron chi connectivity index (χ4n) is 4.27. The summed E-state index contributed by atoms with van der Waals surface area (Å²) in [5, 5.41) is 9.88. The Morgan fingerprint density at radius 1 is 1.12 bits per heavy atom. The van der Waals surface area contributed by atoms with E-state index in [1.54, 1.807) is 0 Å². The molecule has 0 spiro atoms. The fraction of sp³-hybridized carbons (Fsp3) is 0.429. The standard InChI is InChI=1S/C21H20F2N2/c22-21(23)11-10-18-16(12-21)19(14-6-2-1-3-7-14)17(13-24)20(25-18)15-8-4-5-9-15/h1-3,6-7,15H,4-5,8-12H2. The van der Waals surface area contributed by atoms with E-state index in [-0.39, 0.29) is 25.2 Å². The fourth-order valence-corrected chi connectivity index (χ4v) is 4.27. The minimum Gasteiger partial charge on any atom is -0.256 e. The number of hydrogen-bond donors (Lipinski definition) is 0. The van der Waals surface area contributed by atoms with Gasteiger partial charge in [-0.3, -0.25) is 4.98 Å². The highest BCUT2D eigenvalue weighted by Crippen LogP contribution is 2.43. The molecule has 0 radical (unpaired) electrons. The summed E-state index contributed by atoms with van der Waals surface area (Å²) >= 11 is 0. The van der Waals surface area contributed by atoms with E-state index in [9.17, 15) is 14.0 Å². The molecule has 1 aromatic heterocycles. The smallest absolute Gasteiger partial charge is 0.252 e. The molecule has 0 amide bonds. The molecule has 25 heavy (non-hydrogen) atoms. The first-order chi connectivity index (χ1) is 12.1. The SMILES string of the molecule is N#Cc1c(C2CCCC2)nc2c(c1-c1ccccc1)CC(F)(F)CC2. The first kappa shape index (κ1) is 16.2. The minimum absolute atomic E-state index is 0.156.